The largest absolute Gasteiger partial charge is 0.387 e. The van der Waals surface area contributed by atoms with E-state index >= 15 is 0 Å². The van der Waals surface area contributed by atoms with Crippen LogP contribution in [0.1, 0.15) is 37.9 Å². The zero-order chi connectivity index (χ0) is 23.4. The summed E-state index contributed by atoms with van der Waals surface area (Å²) in [4.78, 5) is 25.1. The van der Waals surface area contributed by atoms with Crippen LogP contribution in [-0.2, 0) is 0 Å². The first kappa shape index (κ1) is 22.2. The van der Waals surface area contributed by atoms with Crippen molar-refractivity contribution in [3.05, 3.63) is 113 Å². The maximum Gasteiger partial charge on any atom is 0.258 e. The van der Waals surface area contributed by atoms with Crippen LogP contribution in [0.3, 0.4) is 0 Å². The summed E-state index contributed by atoms with van der Waals surface area (Å²) in [6.45, 7) is 1.81. The molecule has 0 radical (unpaired) electrons. The predicted octanol–water partition coefficient (Wildman–Crippen LogP) is 5.00. The molecule has 3 N–H and O–H groups in total. The molecule has 0 saturated carbocycles. The summed E-state index contributed by atoms with van der Waals surface area (Å²) in [5, 5.41) is 18.0. The van der Waals surface area contributed by atoms with E-state index in [1.807, 2.05) is 42.5 Å². The second-order valence-corrected chi connectivity index (χ2v) is 7.80. The number of hydrogen-bond donors (Lipinski definition) is 3. The Balaban J connectivity index is 1.43. The fourth-order valence-corrected chi connectivity index (χ4v) is 3.56. The minimum atomic E-state index is -0.871. The molecule has 0 aliphatic carbocycles. The molecule has 0 saturated heterocycles. The van der Waals surface area contributed by atoms with Crippen LogP contribution in [0.15, 0.2) is 84.9 Å². The van der Waals surface area contributed by atoms with Crippen molar-refractivity contribution in [1.29, 1.82) is 0 Å². The van der Waals surface area contributed by atoms with Gasteiger partial charge in [0.25, 0.3) is 11.8 Å². The highest BCUT2D eigenvalue weighted by Gasteiger charge is 2.15. The Morgan fingerprint density at radius 3 is 2.39 bits per heavy atom. The van der Waals surface area contributed by atoms with Crippen molar-refractivity contribution in [2.75, 3.05) is 11.9 Å². The number of carbonyl (C=O) groups is 2. The number of carbonyl (C=O) groups excluding carboxylic acids is 2. The molecule has 0 aromatic heterocycles. The highest BCUT2D eigenvalue weighted by atomic mass is 19.1. The summed E-state index contributed by atoms with van der Waals surface area (Å²) in [6, 6.07) is 24.1. The molecule has 5 nitrogen and oxygen atoms in total. The highest BCUT2D eigenvalue weighted by Crippen LogP contribution is 2.21. The van der Waals surface area contributed by atoms with Crippen molar-refractivity contribution in [3.63, 3.8) is 0 Å². The Bertz CT molecular complexity index is 1340. The zero-order valence-corrected chi connectivity index (χ0v) is 18.0. The molecular weight excluding hydrogens is 419 g/mol. The van der Waals surface area contributed by atoms with Gasteiger partial charge in [-0.25, -0.2) is 4.39 Å². The molecule has 2 amide bonds. The van der Waals surface area contributed by atoms with Gasteiger partial charge in [-0.3, -0.25) is 9.59 Å². The van der Waals surface area contributed by atoms with Crippen molar-refractivity contribution >= 4 is 28.3 Å². The van der Waals surface area contributed by atoms with Crippen LogP contribution < -0.4 is 10.6 Å². The quantitative estimate of drug-likeness (QED) is 0.393. The molecule has 33 heavy (non-hydrogen) atoms. The number of benzene rings is 4. The van der Waals surface area contributed by atoms with E-state index in [2.05, 4.69) is 10.6 Å². The number of hydrogen-bond acceptors (Lipinski definition) is 3. The summed E-state index contributed by atoms with van der Waals surface area (Å²) >= 11 is 0. The fraction of sp³-hybridized carbons (Fsp3) is 0.111. The maximum absolute atomic E-state index is 13.9. The first-order valence-corrected chi connectivity index (χ1v) is 10.5. The van der Waals surface area contributed by atoms with Gasteiger partial charge in [0.05, 0.1) is 11.7 Å². The molecule has 0 aliphatic heterocycles. The third-order valence-electron chi connectivity index (χ3n) is 5.48. The summed E-state index contributed by atoms with van der Waals surface area (Å²) in [7, 11) is 0. The van der Waals surface area contributed by atoms with E-state index in [9.17, 15) is 19.1 Å². The van der Waals surface area contributed by atoms with Crippen molar-refractivity contribution in [1.82, 2.24) is 5.32 Å². The Morgan fingerprint density at radius 2 is 1.61 bits per heavy atom. The molecule has 0 heterocycles. The predicted molar refractivity (Wildman–Crippen MR) is 127 cm³/mol. The minimum Gasteiger partial charge on any atom is -0.387 e. The number of halogens is 1. The van der Waals surface area contributed by atoms with Gasteiger partial charge < -0.3 is 15.7 Å². The van der Waals surface area contributed by atoms with Crippen molar-refractivity contribution in [2.24, 2.45) is 0 Å². The molecule has 1 unspecified atom stereocenters. The van der Waals surface area contributed by atoms with Crippen LogP contribution in [0, 0.1) is 12.7 Å². The van der Waals surface area contributed by atoms with E-state index in [0.717, 1.165) is 16.3 Å². The number of fused-ring (bicyclic) bond motifs is 1. The molecule has 6 heteroatoms. The van der Waals surface area contributed by atoms with E-state index in [0.29, 0.717) is 16.8 Å². The van der Waals surface area contributed by atoms with Crippen LogP contribution in [0.4, 0.5) is 10.1 Å². The Labute approximate surface area is 190 Å². The minimum absolute atomic E-state index is 0.0297. The average Bonchev–Trinajstić information content (AvgIpc) is 2.83. The third-order valence-corrected chi connectivity index (χ3v) is 5.48. The number of amides is 2. The van der Waals surface area contributed by atoms with Gasteiger partial charge in [0.15, 0.2) is 0 Å². The van der Waals surface area contributed by atoms with Crippen LogP contribution in [0.5, 0.6) is 0 Å². The lowest BCUT2D eigenvalue weighted by Gasteiger charge is -2.14. The van der Waals surface area contributed by atoms with Gasteiger partial charge in [0.2, 0.25) is 0 Å². The van der Waals surface area contributed by atoms with E-state index in [4.69, 9.17) is 0 Å². The standard InChI is InChI=1S/C27H23FN2O3/c1-17-10-11-21(15-24(17)30-27(33)22-8-4-5-9-23(22)28)26(32)29-16-25(31)20-13-12-18-6-2-3-7-19(18)14-20/h2-15,25,31H,16H2,1H3,(H,29,32)(H,30,33). The monoisotopic (exact) mass is 442 g/mol. The first-order valence-electron chi connectivity index (χ1n) is 10.5. The fourth-order valence-electron chi connectivity index (χ4n) is 3.56. The van der Waals surface area contributed by atoms with Gasteiger partial charge >= 0.3 is 0 Å². The summed E-state index contributed by atoms with van der Waals surface area (Å²) in [6.07, 6.45) is -0.871. The van der Waals surface area contributed by atoms with Gasteiger partial charge in [-0.2, -0.15) is 0 Å². The zero-order valence-electron chi connectivity index (χ0n) is 18.0. The molecule has 1 atom stereocenters. The molecule has 4 aromatic rings. The number of aryl methyl sites for hydroxylation is 1. The average molecular weight is 442 g/mol. The second-order valence-electron chi connectivity index (χ2n) is 7.80. The molecule has 4 rings (SSSR count). The normalized spacial score (nSPS) is 11.7. The van der Waals surface area contributed by atoms with Gasteiger partial charge in [0, 0.05) is 17.8 Å². The molecular formula is C27H23FN2O3. The Kier molecular flexibility index (Phi) is 6.47. The maximum atomic E-state index is 13.9. The number of anilines is 1. The van der Waals surface area contributed by atoms with Crippen LogP contribution in [0.25, 0.3) is 10.8 Å². The SMILES string of the molecule is Cc1ccc(C(=O)NCC(O)c2ccc3ccccc3c2)cc1NC(=O)c1ccccc1F. The van der Waals surface area contributed by atoms with Crippen LogP contribution >= 0.6 is 0 Å². The Morgan fingerprint density at radius 1 is 0.879 bits per heavy atom. The number of aliphatic hydroxyl groups excluding tert-OH is 1. The number of nitrogens with one attached hydrogen (secondary N) is 2. The summed E-state index contributed by atoms with van der Waals surface area (Å²) in [5.74, 6) is -1.61. The van der Waals surface area contributed by atoms with E-state index < -0.39 is 23.7 Å². The first-order chi connectivity index (χ1) is 15.9. The van der Waals surface area contributed by atoms with E-state index in [1.54, 1.807) is 25.1 Å². The molecule has 0 aliphatic rings. The molecule has 0 spiro atoms. The van der Waals surface area contributed by atoms with Crippen LogP contribution in [-0.4, -0.2) is 23.5 Å². The van der Waals surface area contributed by atoms with E-state index in [-0.39, 0.29) is 12.1 Å². The number of rotatable bonds is 6. The van der Waals surface area contributed by atoms with Gasteiger partial charge in [-0.15, -0.1) is 0 Å². The highest BCUT2D eigenvalue weighted by molar-refractivity contribution is 6.05. The van der Waals surface area contributed by atoms with E-state index in [1.165, 1.54) is 24.3 Å². The molecule has 166 valence electrons. The van der Waals surface area contributed by atoms with Gasteiger partial charge in [0.1, 0.15) is 5.82 Å². The lowest BCUT2D eigenvalue weighted by atomic mass is 10.0. The lowest BCUT2D eigenvalue weighted by molar-refractivity contribution is 0.0915. The topological polar surface area (TPSA) is 78.4 Å². The number of aliphatic hydroxyl groups is 1. The van der Waals surface area contributed by atoms with Gasteiger partial charge in [-0.1, -0.05) is 54.6 Å². The lowest BCUT2D eigenvalue weighted by Crippen LogP contribution is -2.28. The molecule has 0 bridgehead atoms. The smallest absolute Gasteiger partial charge is 0.258 e. The third kappa shape index (κ3) is 5.07. The van der Waals surface area contributed by atoms with Crippen LogP contribution in [0.2, 0.25) is 0 Å². The summed E-state index contributed by atoms with van der Waals surface area (Å²) in [5.41, 5.74) is 2.08. The van der Waals surface area contributed by atoms with Crippen molar-refractivity contribution < 1.29 is 19.1 Å². The molecule has 4 aromatic carbocycles. The van der Waals surface area contributed by atoms with Crippen molar-refractivity contribution in [2.45, 2.75) is 13.0 Å². The van der Waals surface area contributed by atoms with Crippen molar-refractivity contribution in [3.8, 4) is 0 Å². The van der Waals surface area contributed by atoms with Gasteiger partial charge in [-0.05, 0) is 59.2 Å². The Hall–Kier alpha value is -4.03. The second kappa shape index (κ2) is 9.63. The summed E-state index contributed by atoms with van der Waals surface area (Å²) < 4.78 is 13.9. The molecule has 0 fully saturated rings.